The van der Waals surface area contributed by atoms with Crippen LogP contribution in [0, 0.1) is 22.7 Å². The van der Waals surface area contributed by atoms with Crippen molar-refractivity contribution in [1.29, 1.82) is 0 Å². The Morgan fingerprint density at radius 2 is 2.08 bits per heavy atom. The molecular formula is C22H29FO2S. The van der Waals surface area contributed by atoms with E-state index in [1.54, 1.807) is 0 Å². The first kappa shape index (κ1) is 18.3. The van der Waals surface area contributed by atoms with Crippen molar-refractivity contribution in [3.63, 3.8) is 0 Å². The minimum Gasteiger partial charge on any atom is -0.454 e. The van der Waals surface area contributed by atoms with Gasteiger partial charge >= 0.3 is 5.97 Å². The van der Waals surface area contributed by atoms with E-state index >= 15 is 4.39 Å². The van der Waals surface area contributed by atoms with Crippen LogP contribution in [-0.2, 0) is 9.53 Å². The molecule has 4 aliphatic rings. The Labute approximate surface area is 160 Å². The zero-order valence-corrected chi connectivity index (χ0v) is 17.0. The number of hydrogen-bond acceptors (Lipinski definition) is 3. The number of rotatable bonds is 2. The number of esters is 1. The number of allylic oxidation sites excluding steroid dienone is 4. The minimum absolute atomic E-state index is 0.0965. The topological polar surface area (TPSA) is 26.3 Å². The summed E-state index contributed by atoms with van der Waals surface area (Å²) in [7, 11) is 0. The molecule has 4 heteroatoms. The van der Waals surface area contributed by atoms with Crippen molar-refractivity contribution in [1.82, 2.24) is 0 Å². The first-order valence-corrected chi connectivity index (χ1v) is 11.0. The molecule has 26 heavy (non-hydrogen) atoms. The smallest absolute Gasteiger partial charge is 0.303 e. The van der Waals surface area contributed by atoms with Crippen molar-refractivity contribution in [2.24, 2.45) is 22.7 Å². The third-order valence-electron chi connectivity index (χ3n) is 7.78. The number of hydrogen-bond donors (Lipinski definition) is 0. The van der Waals surface area contributed by atoms with E-state index in [9.17, 15) is 4.79 Å². The van der Waals surface area contributed by atoms with Gasteiger partial charge in [-0.3, -0.25) is 4.79 Å². The lowest BCUT2D eigenvalue weighted by molar-refractivity contribution is -0.142. The molecule has 0 aromatic carbocycles. The van der Waals surface area contributed by atoms with Crippen LogP contribution in [0.4, 0.5) is 4.39 Å². The number of alkyl halides is 1. The second-order valence-electron chi connectivity index (χ2n) is 8.87. The summed E-state index contributed by atoms with van der Waals surface area (Å²) < 4.78 is 22.1. The molecule has 0 amide bonds. The molecule has 0 radical (unpaired) electrons. The maximum absolute atomic E-state index is 16.7. The van der Waals surface area contributed by atoms with Crippen molar-refractivity contribution in [2.45, 2.75) is 64.6 Å². The summed E-state index contributed by atoms with van der Waals surface area (Å²) in [6.07, 6.45) is 14.4. The van der Waals surface area contributed by atoms with Crippen LogP contribution in [0.25, 0.3) is 0 Å². The summed E-state index contributed by atoms with van der Waals surface area (Å²) in [5.74, 6) is 0.208. The summed E-state index contributed by atoms with van der Waals surface area (Å²) in [5.41, 5.74) is -0.517. The van der Waals surface area contributed by atoms with Gasteiger partial charge in [0.05, 0.1) is 0 Å². The van der Waals surface area contributed by atoms with E-state index in [2.05, 4.69) is 26.2 Å². The first-order valence-electron chi connectivity index (χ1n) is 9.76. The number of carbonyl (C=O) groups excluding carboxylic acids is 1. The van der Waals surface area contributed by atoms with E-state index < -0.39 is 11.1 Å². The van der Waals surface area contributed by atoms with Gasteiger partial charge in [-0.15, -0.1) is 11.8 Å². The molecule has 2 saturated carbocycles. The highest BCUT2D eigenvalue weighted by Crippen LogP contribution is 2.68. The van der Waals surface area contributed by atoms with E-state index in [-0.39, 0.29) is 23.4 Å². The van der Waals surface area contributed by atoms with Crippen LogP contribution in [0.1, 0.15) is 52.9 Å². The van der Waals surface area contributed by atoms with Gasteiger partial charge < -0.3 is 4.74 Å². The zero-order chi connectivity index (χ0) is 18.7. The highest BCUT2D eigenvalue weighted by molar-refractivity contribution is 8.02. The summed E-state index contributed by atoms with van der Waals surface area (Å²) in [6.45, 7) is 5.84. The minimum atomic E-state index is -1.21. The maximum atomic E-state index is 16.7. The van der Waals surface area contributed by atoms with Gasteiger partial charge in [0.15, 0.2) is 0 Å². The van der Waals surface area contributed by atoms with E-state index in [0.29, 0.717) is 12.3 Å². The van der Waals surface area contributed by atoms with E-state index in [4.69, 9.17) is 4.74 Å². The molecule has 0 aromatic rings. The van der Waals surface area contributed by atoms with Gasteiger partial charge in [0.2, 0.25) is 0 Å². The fourth-order valence-corrected chi connectivity index (χ4v) is 7.29. The lowest BCUT2D eigenvalue weighted by atomic mass is 9.47. The van der Waals surface area contributed by atoms with Gasteiger partial charge in [-0.05, 0) is 74.2 Å². The second-order valence-corrected chi connectivity index (χ2v) is 9.72. The highest BCUT2D eigenvalue weighted by Gasteiger charge is 2.65. The fraction of sp³-hybridized carbons (Fsp3) is 0.682. The summed E-state index contributed by atoms with van der Waals surface area (Å²) in [4.78, 5) is 12.8. The van der Waals surface area contributed by atoms with Gasteiger partial charge in [0.25, 0.3) is 0 Å². The Morgan fingerprint density at radius 3 is 2.77 bits per heavy atom. The molecule has 4 rings (SSSR count). The van der Waals surface area contributed by atoms with Crippen LogP contribution in [-0.4, -0.2) is 24.0 Å². The van der Waals surface area contributed by atoms with Gasteiger partial charge in [-0.25, -0.2) is 4.39 Å². The average molecular weight is 377 g/mol. The molecule has 2 nitrogen and oxygen atoms in total. The van der Waals surface area contributed by atoms with Gasteiger partial charge in [0.1, 0.15) is 11.8 Å². The summed E-state index contributed by atoms with van der Waals surface area (Å²) >= 11 is 1.85. The van der Waals surface area contributed by atoms with E-state index in [1.807, 2.05) is 30.0 Å². The van der Waals surface area contributed by atoms with E-state index in [1.165, 1.54) is 11.8 Å². The average Bonchev–Trinajstić information content (AvgIpc) is 2.92. The Bertz CT molecular complexity index is 726. The van der Waals surface area contributed by atoms with Crippen LogP contribution >= 0.6 is 11.8 Å². The molecule has 4 aliphatic carbocycles. The van der Waals surface area contributed by atoms with Gasteiger partial charge in [0, 0.05) is 17.8 Å². The zero-order valence-electron chi connectivity index (χ0n) is 16.2. The van der Waals surface area contributed by atoms with Crippen molar-refractivity contribution in [3.05, 3.63) is 34.8 Å². The molecule has 0 N–H and O–H groups in total. The largest absolute Gasteiger partial charge is 0.454 e. The SMILES string of the molecule is CSC1=CC[C@H]2[C@@H]3CCC4=CC(OC(C)=O)C=C[C@]4(C)[C@@]3(F)CC[C@]12C. The summed E-state index contributed by atoms with van der Waals surface area (Å²) in [6, 6.07) is 0. The van der Waals surface area contributed by atoms with Crippen molar-refractivity contribution in [2.75, 3.05) is 6.26 Å². The Hall–Kier alpha value is -1.03. The quantitative estimate of drug-likeness (QED) is 0.463. The van der Waals surface area contributed by atoms with Crippen molar-refractivity contribution >= 4 is 17.7 Å². The monoisotopic (exact) mass is 376 g/mol. The molecule has 6 atom stereocenters. The lowest BCUT2D eigenvalue weighted by Crippen LogP contribution is -2.59. The second kappa shape index (κ2) is 5.98. The standard InChI is InChI=1S/C22H29FO2S/c1-14(24)25-16-9-10-21(3)15(13-16)5-6-18-17-7-8-19(26-4)20(17,2)11-12-22(18,21)23/h8-10,13,16-18H,5-7,11-12H2,1-4H3/t16?,17-,18-,20-,21-,22+/m0/s1. The molecule has 0 saturated heterocycles. The third kappa shape index (κ3) is 2.33. The van der Waals surface area contributed by atoms with Crippen LogP contribution in [0.3, 0.4) is 0 Å². The summed E-state index contributed by atoms with van der Waals surface area (Å²) in [5, 5.41) is 0. The number of thioether (sulfide) groups is 1. The van der Waals surface area contributed by atoms with Gasteiger partial charge in [-0.1, -0.05) is 24.6 Å². The Kier molecular flexibility index (Phi) is 4.22. The van der Waals surface area contributed by atoms with Crippen molar-refractivity contribution < 1.29 is 13.9 Å². The Morgan fingerprint density at radius 1 is 1.31 bits per heavy atom. The molecule has 0 aromatic heterocycles. The van der Waals surface area contributed by atoms with Crippen LogP contribution in [0.2, 0.25) is 0 Å². The molecule has 0 heterocycles. The lowest BCUT2D eigenvalue weighted by Gasteiger charge is -2.60. The molecule has 0 bridgehead atoms. The molecule has 0 spiro atoms. The van der Waals surface area contributed by atoms with Gasteiger partial charge in [-0.2, -0.15) is 0 Å². The van der Waals surface area contributed by atoms with Crippen LogP contribution in [0.5, 0.6) is 0 Å². The highest BCUT2D eigenvalue weighted by atomic mass is 32.2. The normalized spacial score (nSPS) is 46.6. The predicted molar refractivity (Wildman–Crippen MR) is 104 cm³/mol. The first-order chi connectivity index (χ1) is 12.2. The molecule has 2 fully saturated rings. The van der Waals surface area contributed by atoms with Crippen LogP contribution in [0.15, 0.2) is 34.8 Å². The number of carbonyl (C=O) groups is 1. The maximum Gasteiger partial charge on any atom is 0.303 e. The molecule has 1 unspecified atom stereocenters. The molecular weight excluding hydrogens is 347 g/mol. The number of halogens is 1. The number of ether oxygens (including phenoxy) is 1. The fourth-order valence-electron chi connectivity index (χ4n) is 6.31. The third-order valence-corrected chi connectivity index (χ3v) is 8.85. The van der Waals surface area contributed by atoms with Crippen LogP contribution < -0.4 is 0 Å². The molecule has 142 valence electrons. The van der Waals surface area contributed by atoms with Crippen molar-refractivity contribution in [3.8, 4) is 0 Å². The predicted octanol–water partition coefficient (Wildman–Crippen LogP) is 5.61. The molecule has 0 aliphatic heterocycles. The number of fused-ring (bicyclic) bond motifs is 5. The van der Waals surface area contributed by atoms with E-state index in [0.717, 1.165) is 31.3 Å². The Balaban J connectivity index is 1.67.